The molecule has 1 unspecified atom stereocenters. The number of ether oxygens (including phenoxy) is 3. The molecule has 2 rings (SSSR count). The van der Waals surface area contributed by atoms with Crippen molar-refractivity contribution in [2.75, 3.05) is 42.0 Å². The van der Waals surface area contributed by atoms with Crippen LogP contribution in [0.1, 0.15) is 11.6 Å². The number of nitrogens with zero attached hydrogens (tertiary/aromatic N) is 1. The molecule has 0 aromatic heterocycles. The maximum Gasteiger partial charge on any atom is 0.244 e. The average molecular weight is 394 g/mol. The number of benzene rings is 2. The van der Waals surface area contributed by atoms with Gasteiger partial charge in [-0.3, -0.25) is 0 Å². The topological polar surface area (TPSA) is 77.1 Å². The zero-order chi connectivity index (χ0) is 20.0. The third-order valence-electron chi connectivity index (χ3n) is 4.23. The summed E-state index contributed by atoms with van der Waals surface area (Å²) < 4.78 is 44.0. The molecule has 1 N–H and O–H groups in total. The Hall–Kier alpha value is -2.29. The van der Waals surface area contributed by atoms with E-state index < -0.39 is 10.0 Å². The van der Waals surface area contributed by atoms with E-state index in [-0.39, 0.29) is 23.2 Å². The van der Waals surface area contributed by atoms with Crippen LogP contribution in [0.3, 0.4) is 0 Å². The largest absolute Gasteiger partial charge is 0.497 e. The highest BCUT2D eigenvalue weighted by atomic mass is 32.2. The number of nitrogens with one attached hydrogen (secondary N) is 1. The molecule has 0 aliphatic carbocycles. The van der Waals surface area contributed by atoms with Gasteiger partial charge in [0.25, 0.3) is 0 Å². The molecule has 7 nitrogen and oxygen atoms in total. The van der Waals surface area contributed by atoms with Crippen molar-refractivity contribution >= 4 is 10.0 Å². The van der Waals surface area contributed by atoms with Crippen molar-refractivity contribution in [3.8, 4) is 17.2 Å². The van der Waals surface area contributed by atoms with Gasteiger partial charge in [0.15, 0.2) is 0 Å². The van der Waals surface area contributed by atoms with E-state index in [0.717, 1.165) is 11.3 Å². The number of likely N-dealkylation sites (N-methyl/N-ethyl adjacent to an activating group) is 1. The smallest absolute Gasteiger partial charge is 0.244 e. The second-order valence-electron chi connectivity index (χ2n) is 6.12. The maximum absolute atomic E-state index is 12.9. The summed E-state index contributed by atoms with van der Waals surface area (Å²) in [5.41, 5.74) is 0.944. The lowest BCUT2D eigenvalue weighted by molar-refractivity contribution is 0.298. The van der Waals surface area contributed by atoms with E-state index in [0.29, 0.717) is 5.75 Å². The van der Waals surface area contributed by atoms with Crippen LogP contribution in [0.5, 0.6) is 17.2 Å². The van der Waals surface area contributed by atoms with Crippen molar-refractivity contribution in [3.05, 3.63) is 48.0 Å². The predicted molar refractivity (Wildman–Crippen MR) is 104 cm³/mol. The Labute approximate surface area is 160 Å². The predicted octanol–water partition coefficient (Wildman–Crippen LogP) is 2.29. The Bertz CT molecular complexity index is 868. The number of methoxy groups -OCH3 is 3. The molecule has 0 heterocycles. The quantitative estimate of drug-likeness (QED) is 0.703. The second kappa shape index (κ2) is 9.07. The van der Waals surface area contributed by atoms with Gasteiger partial charge in [0, 0.05) is 18.7 Å². The van der Waals surface area contributed by atoms with E-state index in [4.69, 9.17) is 14.2 Å². The number of hydrogen-bond donors (Lipinski definition) is 1. The fourth-order valence-electron chi connectivity index (χ4n) is 2.71. The SMILES string of the molecule is COc1cccc(C(CNS(=O)(=O)c2cc(OC)ccc2OC)N(C)C)c1. The van der Waals surface area contributed by atoms with Crippen molar-refractivity contribution in [2.24, 2.45) is 0 Å². The summed E-state index contributed by atoms with van der Waals surface area (Å²) in [6.45, 7) is 0.183. The second-order valence-corrected chi connectivity index (χ2v) is 7.86. The minimum atomic E-state index is -3.80. The van der Waals surface area contributed by atoms with Crippen molar-refractivity contribution in [3.63, 3.8) is 0 Å². The Morgan fingerprint density at radius 1 is 0.963 bits per heavy atom. The minimum absolute atomic E-state index is 0.0347. The highest BCUT2D eigenvalue weighted by Gasteiger charge is 2.23. The van der Waals surface area contributed by atoms with Crippen LogP contribution in [-0.4, -0.2) is 55.3 Å². The Kier molecular flexibility index (Phi) is 7.06. The average Bonchev–Trinajstić information content (AvgIpc) is 2.67. The van der Waals surface area contributed by atoms with Gasteiger partial charge in [0.2, 0.25) is 10.0 Å². The number of rotatable bonds is 9. The number of sulfonamides is 1. The van der Waals surface area contributed by atoms with Gasteiger partial charge in [-0.1, -0.05) is 12.1 Å². The van der Waals surface area contributed by atoms with Crippen LogP contribution >= 0.6 is 0 Å². The van der Waals surface area contributed by atoms with Crippen LogP contribution in [0.15, 0.2) is 47.4 Å². The van der Waals surface area contributed by atoms with Gasteiger partial charge in [-0.25, -0.2) is 13.1 Å². The number of hydrogen-bond acceptors (Lipinski definition) is 6. The molecule has 2 aromatic carbocycles. The van der Waals surface area contributed by atoms with Gasteiger partial charge in [0.1, 0.15) is 22.1 Å². The molecule has 27 heavy (non-hydrogen) atoms. The molecule has 0 spiro atoms. The molecule has 0 aliphatic heterocycles. The van der Waals surface area contributed by atoms with Gasteiger partial charge in [-0.15, -0.1) is 0 Å². The van der Waals surface area contributed by atoms with Crippen LogP contribution in [0.4, 0.5) is 0 Å². The molecule has 0 saturated heterocycles. The highest BCUT2D eigenvalue weighted by Crippen LogP contribution is 2.29. The highest BCUT2D eigenvalue weighted by molar-refractivity contribution is 7.89. The molecular weight excluding hydrogens is 368 g/mol. The molecule has 0 radical (unpaired) electrons. The molecule has 148 valence electrons. The van der Waals surface area contributed by atoms with Gasteiger partial charge >= 0.3 is 0 Å². The Morgan fingerprint density at radius 2 is 1.63 bits per heavy atom. The first-order chi connectivity index (χ1) is 12.8. The van der Waals surface area contributed by atoms with E-state index in [1.165, 1.54) is 20.3 Å². The van der Waals surface area contributed by atoms with Crippen LogP contribution in [-0.2, 0) is 10.0 Å². The zero-order valence-electron chi connectivity index (χ0n) is 16.2. The van der Waals surface area contributed by atoms with Crippen molar-refractivity contribution in [1.82, 2.24) is 9.62 Å². The molecule has 0 aliphatic rings. The summed E-state index contributed by atoms with van der Waals surface area (Å²) in [5, 5.41) is 0. The van der Waals surface area contributed by atoms with E-state index in [1.807, 2.05) is 43.3 Å². The lowest BCUT2D eigenvalue weighted by Gasteiger charge is -2.25. The fraction of sp³-hybridized carbons (Fsp3) is 0.368. The summed E-state index contributed by atoms with van der Waals surface area (Å²) in [5.74, 6) is 1.41. The first-order valence-corrected chi connectivity index (χ1v) is 9.82. The normalized spacial score (nSPS) is 12.7. The van der Waals surface area contributed by atoms with E-state index >= 15 is 0 Å². The van der Waals surface area contributed by atoms with Gasteiger partial charge < -0.3 is 19.1 Å². The van der Waals surface area contributed by atoms with E-state index in [9.17, 15) is 8.42 Å². The zero-order valence-corrected chi connectivity index (χ0v) is 17.0. The lowest BCUT2D eigenvalue weighted by atomic mass is 10.1. The van der Waals surface area contributed by atoms with E-state index in [1.54, 1.807) is 19.2 Å². The van der Waals surface area contributed by atoms with Crippen LogP contribution < -0.4 is 18.9 Å². The summed E-state index contributed by atoms with van der Waals surface area (Å²) in [6, 6.07) is 12.0. The fourth-order valence-corrected chi connectivity index (χ4v) is 3.93. The molecular formula is C19H26N2O5S. The molecule has 0 bridgehead atoms. The first-order valence-electron chi connectivity index (χ1n) is 8.34. The summed E-state index contributed by atoms with van der Waals surface area (Å²) in [6.07, 6.45) is 0. The minimum Gasteiger partial charge on any atom is -0.497 e. The summed E-state index contributed by atoms with van der Waals surface area (Å²) in [7, 11) is 4.50. The Morgan fingerprint density at radius 3 is 2.22 bits per heavy atom. The first kappa shape index (κ1) is 21.0. The molecule has 0 amide bonds. The molecule has 2 aromatic rings. The maximum atomic E-state index is 12.9. The van der Waals surface area contributed by atoms with Crippen LogP contribution in [0.25, 0.3) is 0 Å². The van der Waals surface area contributed by atoms with Crippen molar-refractivity contribution in [1.29, 1.82) is 0 Å². The van der Waals surface area contributed by atoms with Gasteiger partial charge in [-0.2, -0.15) is 0 Å². The van der Waals surface area contributed by atoms with Crippen molar-refractivity contribution in [2.45, 2.75) is 10.9 Å². The van der Waals surface area contributed by atoms with Crippen LogP contribution in [0, 0.1) is 0 Å². The van der Waals surface area contributed by atoms with E-state index in [2.05, 4.69) is 4.72 Å². The van der Waals surface area contributed by atoms with Gasteiger partial charge in [0.05, 0.1) is 21.3 Å². The third kappa shape index (κ3) is 5.12. The third-order valence-corrected chi connectivity index (χ3v) is 5.67. The van der Waals surface area contributed by atoms with Crippen LogP contribution in [0.2, 0.25) is 0 Å². The standard InChI is InChI=1S/C19H26N2O5S/c1-21(2)17(14-7-6-8-15(11-14)24-3)13-20-27(22,23)19-12-16(25-4)9-10-18(19)26-5/h6-12,17,20H,13H2,1-5H3. The summed E-state index contributed by atoms with van der Waals surface area (Å²) >= 11 is 0. The van der Waals surface area contributed by atoms with Gasteiger partial charge in [-0.05, 0) is 43.9 Å². The molecule has 1 atom stereocenters. The molecule has 8 heteroatoms. The van der Waals surface area contributed by atoms with Crippen molar-refractivity contribution < 1.29 is 22.6 Å². The Balaban J connectivity index is 2.28. The molecule has 0 fully saturated rings. The summed E-state index contributed by atoms with van der Waals surface area (Å²) in [4.78, 5) is 1.98. The monoisotopic (exact) mass is 394 g/mol. The lowest BCUT2D eigenvalue weighted by Crippen LogP contribution is -2.34. The molecule has 0 saturated carbocycles.